The van der Waals surface area contributed by atoms with Gasteiger partial charge in [0.15, 0.2) is 0 Å². The molecule has 0 aliphatic heterocycles. The Labute approximate surface area is 110 Å². The van der Waals surface area contributed by atoms with E-state index in [4.69, 9.17) is 4.74 Å². The predicted molar refractivity (Wildman–Crippen MR) is 74.8 cm³/mol. The summed E-state index contributed by atoms with van der Waals surface area (Å²) in [6.45, 7) is 7.59. The van der Waals surface area contributed by atoms with Crippen LogP contribution in [0.2, 0.25) is 0 Å². The molecule has 0 saturated heterocycles. The van der Waals surface area contributed by atoms with Gasteiger partial charge in [-0.1, -0.05) is 19.1 Å². The van der Waals surface area contributed by atoms with E-state index in [1.54, 1.807) is 0 Å². The van der Waals surface area contributed by atoms with Crippen molar-refractivity contribution in [1.29, 1.82) is 0 Å². The third-order valence-corrected chi connectivity index (χ3v) is 2.75. The van der Waals surface area contributed by atoms with E-state index < -0.39 is 0 Å². The second kappa shape index (κ2) is 8.11. The van der Waals surface area contributed by atoms with Gasteiger partial charge in [-0.15, -0.1) is 0 Å². The highest BCUT2D eigenvalue weighted by molar-refractivity contribution is 5.27. The third-order valence-electron chi connectivity index (χ3n) is 2.75. The van der Waals surface area contributed by atoms with Gasteiger partial charge in [-0.25, -0.2) is 0 Å². The molecule has 0 saturated carbocycles. The van der Waals surface area contributed by atoms with Crippen LogP contribution in [0.5, 0.6) is 5.75 Å². The van der Waals surface area contributed by atoms with E-state index in [0.717, 1.165) is 31.7 Å². The van der Waals surface area contributed by atoms with Gasteiger partial charge in [0.1, 0.15) is 5.75 Å². The standard InChI is InChI=1S/C15H25NO2/c1-4-9-18-15-7-5-14(6-8-15)11-16-12(2)10-13(3)17/h5-8,12-13,16-17H,4,9-11H2,1-3H3. The summed E-state index contributed by atoms with van der Waals surface area (Å²) < 4.78 is 5.53. The zero-order valence-electron chi connectivity index (χ0n) is 11.6. The largest absolute Gasteiger partial charge is 0.494 e. The van der Waals surface area contributed by atoms with Crippen LogP contribution in [0.15, 0.2) is 24.3 Å². The summed E-state index contributed by atoms with van der Waals surface area (Å²) in [6.07, 6.45) is 1.55. The van der Waals surface area contributed by atoms with Gasteiger partial charge in [-0.3, -0.25) is 0 Å². The van der Waals surface area contributed by atoms with Crippen molar-refractivity contribution in [3.05, 3.63) is 29.8 Å². The lowest BCUT2D eigenvalue weighted by atomic mass is 10.1. The Bertz CT molecular complexity index is 322. The summed E-state index contributed by atoms with van der Waals surface area (Å²) in [7, 11) is 0. The van der Waals surface area contributed by atoms with E-state index >= 15 is 0 Å². The van der Waals surface area contributed by atoms with Crippen LogP contribution >= 0.6 is 0 Å². The van der Waals surface area contributed by atoms with Crippen LogP contribution in [0.3, 0.4) is 0 Å². The van der Waals surface area contributed by atoms with Gasteiger partial charge in [0, 0.05) is 12.6 Å². The molecule has 0 radical (unpaired) electrons. The number of rotatable bonds is 8. The van der Waals surface area contributed by atoms with Crippen LogP contribution in [0.1, 0.15) is 39.2 Å². The Morgan fingerprint density at radius 1 is 1.22 bits per heavy atom. The normalized spacial score (nSPS) is 14.2. The van der Waals surface area contributed by atoms with Crippen LogP contribution in [0, 0.1) is 0 Å². The fourth-order valence-electron chi connectivity index (χ4n) is 1.81. The summed E-state index contributed by atoms with van der Waals surface area (Å²) in [6, 6.07) is 8.49. The van der Waals surface area contributed by atoms with Crippen LogP contribution in [-0.4, -0.2) is 23.9 Å². The molecule has 1 aromatic rings. The number of hydrogen-bond donors (Lipinski definition) is 2. The van der Waals surface area contributed by atoms with E-state index in [1.165, 1.54) is 5.56 Å². The Kier molecular flexibility index (Phi) is 6.76. The molecule has 2 N–H and O–H groups in total. The van der Waals surface area contributed by atoms with Crippen LogP contribution in [-0.2, 0) is 6.54 Å². The lowest BCUT2D eigenvalue weighted by Gasteiger charge is -2.15. The maximum Gasteiger partial charge on any atom is 0.119 e. The molecule has 0 spiro atoms. The Hall–Kier alpha value is -1.06. The maximum atomic E-state index is 9.28. The van der Waals surface area contributed by atoms with Crippen LogP contribution in [0.25, 0.3) is 0 Å². The van der Waals surface area contributed by atoms with Crippen molar-refractivity contribution >= 4 is 0 Å². The minimum Gasteiger partial charge on any atom is -0.494 e. The molecule has 0 bridgehead atoms. The Morgan fingerprint density at radius 3 is 2.44 bits per heavy atom. The summed E-state index contributed by atoms with van der Waals surface area (Å²) in [5, 5.41) is 12.7. The van der Waals surface area contributed by atoms with Gasteiger partial charge in [-0.05, 0) is 44.4 Å². The molecule has 0 aliphatic carbocycles. The minimum absolute atomic E-state index is 0.252. The number of ether oxygens (including phenoxy) is 1. The number of benzene rings is 1. The second-order valence-corrected chi connectivity index (χ2v) is 4.86. The van der Waals surface area contributed by atoms with E-state index in [-0.39, 0.29) is 6.10 Å². The van der Waals surface area contributed by atoms with E-state index in [2.05, 4.69) is 31.3 Å². The molecule has 0 fully saturated rings. The van der Waals surface area contributed by atoms with E-state index in [1.807, 2.05) is 19.1 Å². The minimum atomic E-state index is -0.252. The lowest BCUT2D eigenvalue weighted by Crippen LogP contribution is -2.28. The molecule has 2 unspecified atom stereocenters. The van der Waals surface area contributed by atoms with E-state index in [9.17, 15) is 5.11 Å². The molecule has 0 heterocycles. The van der Waals surface area contributed by atoms with Gasteiger partial charge in [0.05, 0.1) is 12.7 Å². The summed E-state index contributed by atoms with van der Waals surface area (Å²) in [5.74, 6) is 0.928. The first-order chi connectivity index (χ1) is 8.61. The van der Waals surface area contributed by atoms with Crippen molar-refractivity contribution < 1.29 is 9.84 Å². The summed E-state index contributed by atoms with van der Waals surface area (Å²) in [4.78, 5) is 0. The van der Waals surface area contributed by atoms with Crippen molar-refractivity contribution in [2.45, 2.75) is 52.3 Å². The quantitative estimate of drug-likeness (QED) is 0.746. The summed E-state index contributed by atoms with van der Waals surface area (Å²) in [5.41, 5.74) is 1.23. The Morgan fingerprint density at radius 2 is 1.89 bits per heavy atom. The highest BCUT2D eigenvalue weighted by Crippen LogP contribution is 2.12. The number of nitrogens with one attached hydrogen (secondary N) is 1. The van der Waals surface area contributed by atoms with E-state index in [0.29, 0.717) is 6.04 Å². The first-order valence-electron chi connectivity index (χ1n) is 6.75. The van der Waals surface area contributed by atoms with Gasteiger partial charge in [0.25, 0.3) is 0 Å². The van der Waals surface area contributed by atoms with Crippen LogP contribution < -0.4 is 10.1 Å². The zero-order valence-corrected chi connectivity index (χ0v) is 11.6. The molecule has 1 rings (SSSR count). The van der Waals surface area contributed by atoms with Gasteiger partial charge < -0.3 is 15.2 Å². The zero-order chi connectivity index (χ0) is 13.4. The molecule has 102 valence electrons. The molecule has 0 aromatic heterocycles. The molecule has 1 aromatic carbocycles. The lowest BCUT2D eigenvalue weighted by molar-refractivity contribution is 0.170. The highest BCUT2D eigenvalue weighted by Gasteiger charge is 2.05. The molecule has 2 atom stereocenters. The van der Waals surface area contributed by atoms with Gasteiger partial charge in [-0.2, -0.15) is 0 Å². The highest BCUT2D eigenvalue weighted by atomic mass is 16.5. The second-order valence-electron chi connectivity index (χ2n) is 4.86. The first-order valence-corrected chi connectivity index (χ1v) is 6.75. The number of aliphatic hydroxyl groups is 1. The predicted octanol–water partition coefficient (Wildman–Crippen LogP) is 2.72. The van der Waals surface area contributed by atoms with Crippen molar-refractivity contribution in [1.82, 2.24) is 5.32 Å². The third kappa shape index (κ3) is 6.03. The smallest absolute Gasteiger partial charge is 0.119 e. The Balaban J connectivity index is 2.34. The molecular formula is C15H25NO2. The van der Waals surface area contributed by atoms with Crippen molar-refractivity contribution in [3.8, 4) is 5.75 Å². The van der Waals surface area contributed by atoms with Crippen molar-refractivity contribution in [2.75, 3.05) is 6.61 Å². The monoisotopic (exact) mass is 251 g/mol. The molecule has 3 nitrogen and oxygen atoms in total. The van der Waals surface area contributed by atoms with Crippen molar-refractivity contribution in [3.63, 3.8) is 0 Å². The molecular weight excluding hydrogens is 226 g/mol. The number of aliphatic hydroxyl groups excluding tert-OH is 1. The van der Waals surface area contributed by atoms with Crippen LogP contribution in [0.4, 0.5) is 0 Å². The average Bonchev–Trinajstić information content (AvgIpc) is 2.34. The maximum absolute atomic E-state index is 9.28. The number of hydrogen-bond acceptors (Lipinski definition) is 3. The molecule has 0 aliphatic rings. The first kappa shape index (κ1) is 15.0. The molecule has 0 amide bonds. The summed E-state index contributed by atoms with van der Waals surface area (Å²) >= 11 is 0. The SMILES string of the molecule is CCCOc1ccc(CNC(C)CC(C)O)cc1. The topological polar surface area (TPSA) is 41.5 Å². The molecule has 18 heavy (non-hydrogen) atoms. The van der Waals surface area contributed by atoms with Gasteiger partial charge in [0.2, 0.25) is 0 Å². The fraction of sp³-hybridized carbons (Fsp3) is 0.600. The average molecular weight is 251 g/mol. The van der Waals surface area contributed by atoms with Gasteiger partial charge >= 0.3 is 0 Å². The van der Waals surface area contributed by atoms with Crippen molar-refractivity contribution in [2.24, 2.45) is 0 Å². The fourth-order valence-corrected chi connectivity index (χ4v) is 1.81. The molecule has 3 heteroatoms.